The molecule has 3 rings (SSSR count). The Kier molecular flexibility index (Phi) is 4.08. The van der Waals surface area contributed by atoms with E-state index < -0.39 is 0 Å². The molecule has 20 heavy (non-hydrogen) atoms. The summed E-state index contributed by atoms with van der Waals surface area (Å²) in [5.41, 5.74) is 1.19. The fourth-order valence-electron chi connectivity index (χ4n) is 2.38. The Morgan fingerprint density at radius 2 is 2.35 bits per heavy atom. The molecule has 106 valence electrons. The Hall–Kier alpha value is -1.33. The highest BCUT2D eigenvalue weighted by molar-refractivity contribution is 9.10. The molecule has 1 aromatic heterocycles. The SMILES string of the molecule is CCc1cnc(CNC2CCOc3ccc(Br)cc32)o1. The van der Waals surface area contributed by atoms with Gasteiger partial charge < -0.3 is 14.5 Å². The van der Waals surface area contributed by atoms with E-state index in [1.807, 2.05) is 12.1 Å². The summed E-state index contributed by atoms with van der Waals surface area (Å²) >= 11 is 3.51. The summed E-state index contributed by atoms with van der Waals surface area (Å²) in [6.07, 6.45) is 3.62. The largest absolute Gasteiger partial charge is 0.493 e. The van der Waals surface area contributed by atoms with Gasteiger partial charge in [0.15, 0.2) is 0 Å². The topological polar surface area (TPSA) is 47.3 Å². The molecule has 1 unspecified atom stereocenters. The number of oxazole rings is 1. The van der Waals surface area contributed by atoms with Crippen molar-refractivity contribution in [1.82, 2.24) is 10.3 Å². The van der Waals surface area contributed by atoms with E-state index in [2.05, 4.69) is 39.2 Å². The summed E-state index contributed by atoms with van der Waals surface area (Å²) < 4.78 is 12.4. The van der Waals surface area contributed by atoms with Crippen molar-refractivity contribution in [2.45, 2.75) is 32.4 Å². The molecule has 2 aromatic rings. The third-order valence-corrected chi connectivity index (χ3v) is 3.95. The average Bonchev–Trinajstić information content (AvgIpc) is 2.93. The Bertz CT molecular complexity index is 597. The molecule has 0 bridgehead atoms. The molecule has 0 aliphatic carbocycles. The summed E-state index contributed by atoms with van der Waals surface area (Å²) in [7, 11) is 0. The second kappa shape index (κ2) is 5.97. The number of nitrogens with zero attached hydrogens (tertiary/aromatic N) is 1. The van der Waals surface area contributed by atoms with Gasteiger partial charge in [-0.1, -0.05) is 22.9 Å². The second-order valence-corrected chi connectivity index (χ2v) is 5.74. The van der Waals surface area contributed by atoms with Crippen molar-refractivity contribution in [3.05, 3.63) is 46.1 Å². The molecule has 1 aliphatic heterocycles. The first kappa shape index (κ1) is 13.6. The van der Waals surface area contributed by atoms with Gasteiger partial charge in [0.1, 0.15) is 11.5 Å². The van der Waals surface area contributed by atoms with E-state index in [-0.39, 0.29) is 6.04 Å². The summed E-state index contributed by atoms with van der Waals surface area (Å²) in [5.74, 6) is 2.63. The average molecular weight is 337 g/mol. The number of ether oxygens (including phenoxy) is 1. The van der Waals surface area contributed by atoms with Crippen molar-refractivity contribution >= 4 is 15.9 Å². The minimum atomic E-state index is 0.272. The molecule has 4 nitrogen and oxygen atoms in total. The lowest BCUT2D eigenvalue weighted by molar-refractivity contribution is 0.249. The van der Waals surface area contributed by atoms with Crippen LogP contribution < -0.4 is 10.1 Å². The molecule has 0 amide bonds. The highest BCUT2D eigenvalue weighted by Crippen LogP contribution is 2.34. The van der Waals surface area contributed by atoms with Crippen LogP contribution >= 0.6 is 15.9 Å². The second-order valence-electron chi connectivity index (χ2n) is 4.83. The van der Waals surface area contributed by atoms with Gasteiger partial charge in [0.05, 0.1) is 19.3 Å². The van der Waals surface area contributed by atoms with E-state index in [9.17, 15) is 0 Å². The first-order valence-corrected chi connectivity index (χ1v) is 7.64. The normalized spacial score (nSPS) is 17.6. The van der Waals surface area contributed by atoms with Crippen molar-refractivity contribution in [3.8, 4) is 5.75 Å². The maximum atomic E-state index is 5.68. The van der Waals surface area contributed by atoms with Crippen molar-refractivity contribution in [2.75, 3.05) is 6.61 Å². The number of fused-ring (bicyclic) bond motifs is 1. The van der Waals surface area contributed by atoms with Crippen LogP contribution in [0.25, 0.3) is 0 Å². The van der Waals surface area contributed by atoms with Crippen LogP contribution in [0.3, 0.4) is 0 Å². The van der Waals surface area contributed by atoms with Crippen molar-refractivity contribution in [2.24, 2.45) is 0 Å². The zero-order chi connectivity index (χ0) is 13.9. The Balaban J connectivity index is 1.71. The summed E-state index contributed by atoms with van der Waals surface area (Å²) in [5, 5.41) is 3.50. The fourth-order valence-corrected chi connectivity index (χ4v) is 2.76. The maximum absolute atomic E-state index is 5.68. The van der Waals surface area contributed by atoms with Gasteiger partial charge in [-0.05, 0) is 18.2 Å². The molecule has 2 heterocycles. The van der Waals surface area contributed by atoms with E-state index in [1.54, 1.807) is 6.20 Å². The van der Waals surface area contributed by atoms with Crippen LogP contribution in [0.2, 0.25) is 0 Å². The molecule has 0 saturated heterocycles. The van der Waals surface area contributed by atoms with Gasteiger partial charge in [0, 0.05) is 28.9 Å². The number of halogens is 1. The molecule has 5 heteroatoms. The highest BCUT2D eigenvalue weighted by atomic mass is 79.9. The zero-order valence-corrected chi connectivity index (χ0v) is 12.9. The van der Waals surface area contributed by atoms with Crippen LogP contribution in [0.5, 0.6) is 5.75 Å². The predicted octanol–water partition coefficient (Wildman–Crippen LogP) is 3.61. The summed E-state index contributed by atoms with van der Waals surface area (Å²) in [6, 6.07) is 6.39. The van der Waals surface area contributed by atoms with Crippen molar-refractivity contribution in [3.63, 3.8) is 0 Å². The van der Waals surface area contributed by atoms with Crippen LogP contribution in [0, 0.1) is 0 Å². The highest BCUT2D eigenvalue weighted by Gasteiger charge is 2.21. The first-order valence-electron chi connectivity index (χ1n) is 6.85. The third kappa shape index (κ3) is 2.88. The molecular weight excluding hydrogens is 320 g/mol. The van der Waals surface area contributed by atoms with Gasteiger partial charge in [-0.15, -0.1) is 0 Å². The maximum Gasteiger partial charge on any atom is 0.208 e. The Labute approximate surface area is 126 Å². The number of aromatic nitrogens is 1. The lowest BCUT2D eigenvalue weighted by Gasteiger charge is -2.26. The predicted molar refractivity (Wildman–Crippen MR) is 79.7 cm³/mol. The van der Waals surface area contributed by atoms with Crippen LogP contribution in [-0.4, -0.2) is 11.6 Å². The van der Waals surface area contributed by atoms with Crippen LogP contribution in [0.15, 0.2) is 33.3 Å². The third-order valence-electron chi connectivity index (χ3n) is 3.46. The number of aryl methyl sites for hydroxylation is 1. The fraction of sp³-hybridized carbons (Fsp3) is 0.400. The van der Waals surface area contributed by atoms with Gasteiger partial charge in [-0.25, -0.2) is 4.98 Å². The quantitative estimate of drug-likeness (QED) is 0.926. The van der Waals surface area contributed by atoms with E-state index in [0.29, 0.717) is 6.54 Å². The van der Waals surface area contributed by atoms with E-state index in [0.717, 1.165) is 41.3 Å². The lowest BCUT2D eigenvalue weighted by atomic mass is 10.0. The first-order chi connectivity index (χ1) is 9.76. The molecular formula is C15H17BrN2O2. The van der Waals surface area contributed by atoms with Crippen LogP contribution in [-0.2, 0) is 13.0 Å². The van der Waals surface area contributed by atoms with Crippen molar-refractivity contribution < 1.29 is 9.15 Å². The van der Waals surface area contributed by atoms with Crippen molar-refractivity contribution in [1.29, 1.82) is 0 Å². The summed E-state index contributed by atoms with van der Waals surface area (Å²) in [4.78, 5) is 4.28. The molecule has 1 aliphatic rings. The Morgan fingerprint density at radius 1 is 1.45 bits per heavy atom. The monoisotopic (exact) mass is 336 g/mol. The number of rotatable bonds is 4. The van der Waals surface area contributed by atoms with Gasteiger partial charge in [-0.3, -0.25) is 0 Å². The standard InChI is InChI=1S/C15H17BrN2O2/c1-2-11-8-18-15(20-11)9-17-13-5-6-19-14-4-3-10(16)7-12(13)14/h3-4,7-8,13,17H,2,5-6,9H2,1H3. The molecule has 0 radical (unpaired) electrons. The smallest absolute Gasteiger partial charge is 0.208 e. The molecule has 0 fully saturated rings. The minimum absolute atomic E-state index is 0.272. The molecule has 1 N–H and O–H groups in total. The van der Waals surface area contributed by atoms with E-state index in [1.165, 1.54) is 5.56 Å². The van der Waals surface area contributed by atoms with E-state index in [4.69, 9.17) is 9.15 Å². The number of hydrogen-bond donors (Lipinski definition) is 1. The number of nitrogens with one attached hydrogen (secondary N) is 1. The van der Waals surface area contributed by atoms with Gasteiger partial charge in [-0.2, -0.15) is 0 Å². The van der Waals surface area contributed by atoms with E-state index >= 15 is 0 Å². The summed E-state index contributed by atoms with van der Waals surface area (Å²) in [6.45, 7) is 3.43. The van der Waals surface area contributed by atoms with Gasteiger partial charge in [0.2, 0.25) is 5.89 Å². The zero-order valence-electron chi connectivity index (χ0n) is 11.4. The van der Waals surface area contributed by atoms with Gasteiger partial charge >= 0.3 is 0 Å². The molecule has 1 atom stereocenters. The van der Waals surface area contributed by atoms with Gasteiger partial charge in [0.25, 0.3) is 0 Å². The minimum Gasteiger partial charge on any atom is -0.493 e. The lowest BCUT2D eigenvalue weighted by Crippen LogP contribution is -2.26. The Morgan fingerprint density at radius 3 is 3.15 bits per heavy atom. The molecule has 0 spiro atoms. The number of benzene rings is 1. The molecule has 1 aromatic carbocycles. The number of hydrogen-bond acceptors (Lipinski definition) is 4. The van der Waals surface area contributed by atoms with Crippen LogP contribution in [0.1, 0.15) is 36.6 Å². The molecule has 0 saturated carbocycles. The van der Waals surface area contributed by atoms with Crippen LogP contribution in [0.4, 0.5) is 0 Å².